The van der Waals surface area contributed by atoms with Gasteiger partial charge < -0.3 is 15.2 Å². The van der Waals surface area contributed by atoms with E-state index in [1.807, 2.05) is 24.3 Å². The Balaban J connectivity index is 1.93. The van der Waals surface area contributed by atoms with Crippen molar-refractivity contribution in [1.29, 1.82) is 0 Å². The van der Waals surface area contributed by atoms with Gasteiger partial charge in [0.05, 0.1) is 23.4 Å². The minimum absolute atomic E-state index is 0.127. The third-order valence-corrected chi connectivity index (χ3v) is 5.97. The molecule has 0 fully saturated rings. The Morgan fingerprint density at radius 3 is 2.90 bits per heavy atom. The summed E-state index contributed by atoms with van der Waals surface area (Å²) in [6.07, 6.45) is 0.459. The molecule has 1 aromatic heterocycles. The molecule has 3 N–H and O–H groups in total. The van der Waals surface area contributed by atoms with Crippen LogP contribution in [0.2, 0.25) is 5.02 Å². The molecule has 1 aliphatic heterocycles. The highest BCUT2D eigenvalue weighted by molar-refractivity contribution is 7.99. The summed E-state index contributed by atoms with van der Waals surface area (Å²) in [7, 11) is 1.46. The second-order valence-electron chi connectivity index (χ2n) is 6.55. The molecular formula is C20H20ClN4O3S+. The summed E-state index contributed by atoms with van der Waals surface area (Å²) in [5.74, 6) is 0.966. The molecule has 0 amide bonds. The third kappa shape index (κ3) is 3.54. The number of H-pyrrole nitrogens is 1. The number of nitrogens with zero attached hydrogens (tertiary/aromatic N) is 2. The van der Waals surface area contributed by atoms with Crippen LogP contribution in [0.5, 0.6) is 11.5 Å². The maximum Gasteiger partial charge on any atom is 0.325 e. The SMILES string of the molecule is CCCSc1n[n+]2c(c(=O)[nH]1)-c1ccccc1N[C@H]2c1cc(Cl)c(O)c(OC)c1. The number of anilines is 1. The number of methoxy groups -OCH3 is 1. The van der Waals surface area contributed by atoms with Gasteiger partial charge in [0.15, 0.2) is 11.5 Å². The Kier molecular flexibility index (Phi) is 5.38. The maximum atomic E-state index is 13.0. The van der Waals surface area contributed by atoms with Gasteiger partial charge in [0.25, 0.3) is 6.17 Å². The van der Waals surface area contributed by atoms with Crippen molar-refractivity contribution in [2.24, 2.45) is 0 Å². The van der Waals surface area contributed by atoms with Crippen LogP contribution in [0.15, 0.2) is 46.3 Å². The average Bonchev–Trinajstić information content (AvgIpc) is 2.73. The fourth-order valence-corrected chi connectivity index (χ4v) is 4.21. The molecule has 1 atom stereocenters. The van der Waals surface area contributed by atoms with Crippen LogP contribution in [0.1, 0.15) is 25.1 Å². The predicted octanol–water partition coefficient (Wildman–Crippen LogP) is 3.57. The lowest BCUT2D eigenvalue weighted by atomic mass is 10.0. The highest BCUT2D eigenvalue weighted by Gasteiger charge is 2.38. The number of aromatic nitrogens is 3. The van der Waals surface area contributed by atoms with Gasteiger partial charge in [0, 0.05) is 16.4 Å². The van der Waals surface area contributed by atoms with Crippen molar-refractivity contribution in [1.82, 2.24) is 10.1 Å². The molecular weight excluding hydrogens is 412 g/mol. The first-order chi connectivity index (χ1) is 14.0. The molecule has 2 heterocycles. The number of para-hydroxylation sites is 1. The number of hydrogen-bond acceptors (Lipinski definition) is 6. The molecule has 7 nitrogen and oxygen atoms in total. The fraction of sp³-hybridized carbons (Fsp3) is 0.250. The largest absolute Gasteiger partial charge is 0.503 e. The summed E-state index contributed by atoms with van der Waals surface area (Å²) in [5, 5.41) is 18.9. The minimum atomic E-state index is -0.504. The van der Waals surface area contributed by atoms with Crippen LogP contribution in [0, 0.1) is 0 Å². The first kappa shape index (κ1) is 19.6. The predicted molar refractivity (Wildman–Crippen MR) is 113 cm³/mol. The maximum absolute atomic E-state index is 13.0. The Hall–Kier alpha value is -2.71. The fourth-order valence-electron chi connectivity index (χ4n) is 3.29. The van der Waals surface area contributed by atoms with Gasteiger partial charge in [-0.2, -0.15) is 0 Å². The first-order valence-corrected chi connectivity index (χ1v) is 10.5. The Morgan fingerprint density at radius 2 is 2.14 bits per heavy atom. The quantitative estimate of drug-likeness (QED) is 0.422. The molecule has 0 bridgehead atoms. The molecule has 3 aromatic rings. The van der Waals surface area contributed by atoms with Gasteiger partial charge in [-0.15, -0.1) is 0 Å². The number of thioether (sulfide) groups is 1. The van der Waals surface area contributed by atoms with Crippen LogP contribution in [0.3, 0.4) is 0 Å². The van der Waals surface area contributed by atoms with Gasteiger partial charge in [-0.05, 0) is 35.4 Å². The van der Waals surface area contributed by atoms with E-state index < -0.39 is 6.17 Å². The zero-order chi connectivity index (χ0) is 20.5. The van der Waals surface area contributed by atoms with Crippen LogP contribution >= 0.6 is 23.4 Å². The van der Waals surface area contributed by atoms with Crippen LogP contribution in [0.25, 0.3) is 11.3 Å². The molecule has 4 rings (SSSR count). The molecule has 0 saturated carbocycles. The van der Waals surface area contributed by atoms with Gasteiger partial charge in [0.1, 0.15) is 0 Å². The zero-order valence-electron chi connectivity index (χ0n) is 15.9. The number of nitrogens with one attached hydrogen (secondary N) is 2. The summed E-state index contributed by atoms with van der Waals surface area (Å²) in [4.78, 5) is 15.9. The van der Waals surface area contributed by atoms with E-state index in [4.69, 9.17) is 21.4 Å². The Labute approximate surface area is 176 Å². The molecule has 0 radical (unpaired) electrons. The molecule has 9 heteroatoms. The van der Waals surface area contributed by atoms with E-state index in [0.29, 0.717) is 16.4 Å². The van der Waals surface area contributed by atoms with Crippen LogP contribution in [0.4, 0.5) is 5.69 Å². The second kappa shape index (κ2) is 7.96. The van der Waals surface area contributed by atoms with Gasteiger partial charge in [0.2, 0.25) is 5.16 Å². The smallest absolute Gasteiger partial charge is 0.325 e. The third-order valence-electron chi connectivity index (χ3n) is 4.61. The van der Waals surface area contributed by atoms with Crippen molar-refractivity contribution in [2.75, 3.05) is 18.2 Å². The summed E-state index contributed by atoms with van der Waals surface area (Å²) in [5.41, 5.74) is 2.51. The number of phenols is 1. The Bertz CT molecular complexity index is 1140. The molecule has 0 aliphatic carbocycles. The summed E-state index contributed by atoms with van der Waals surface area (Å²) < 4.78 is 6.92. The van der Waals surface area contributed by atoms with E-state index in [0.717, 1.165) is 23.4 Å². The number of aromatic amines is 1. The molecule has 0 unspecified atom stereocenters. The number of rotatable bonds is 5. The van der Waals surface area contributed by atoms with E-state index in [2.05, 4.69) is 17.2 Å². The van der Waals surface area contributed by atoms with Gasteiger partial charge in [-0.25, -0.2) is 0 Å². The van der Waals surface area contributed by atoms with Crippen LogP contribution in [-0.2, 0) is 0 Å². The molecule has 0 saturated heterocycles. The molecule has 2 aromatic carbocycles. The lowest BCUT2D eigenvalue weighted by Gasteiger charge is -2.23. The number of halogens is 1. The number of fused-ring (bicyclic) bond motifs is 3. The second-order valence-corrected chi connectivity index (χ2v) is 8.04. The number of ether oxygens (including phenoxy) is 1. The standard InChI is InChI=1S/C20H19ClN4O3S/c1-3-8-29-20-23-19(27)16-12-6-4-5-7-14(12)22-18(25(16)24-20)11-9-13(21)17(26)15(10-11)28-2/h4-7,9-10,18H,3,8H2,1-2H3,(H2,23,24,26,27)/p+1/t18-/m1/s1. The summed E-state index contributed by atoms with van der Waals surface area (Å²) >= 11 is 7.71. The highest BCUT2D eigenvalue weighted by Crippen LogP contribution is 2.38. The number of hydrogen-bond donors (Lipinski definition) is 3. The molecule has 1 aliphatic rings. The normalized spacial score (nSPS) is 14.7. The lowest BCUT2D eigenvalue weighted by molar-refractivity contribution is -0.759. The number of aromatic hydroxyl groups is 1. The van der Waals surface area contributed by atoms with E-state index in [1.165, 1.54) is 18.9 Å². The monoisotopic (exact) mass is 431 g/mol. The minimum Gasteiger partial charge on any atom is -0.503 e. The van der Waals surface area contributed by atoms with E-state index in [1.54, 1.807) is 16.8 Å². The lowest BCUT2D eigenvalue weighted by Crippen LogP contribution is -2.55. The molecule has 29 heavy (non-hydrogen) atoms. The van der Waals surface area contributed by atoms with Crippen LogP contribution < -0.4 is 20.3 Å². The van der Waals surface area contributed by atoms with Gasteiger partial charge in [-0.1, -0.05) is 42.4 Å². The van der Waals surface area contributed by atoms with Crippen molar-refractivity contribution in [2.45, 2.75) is 24.7 Å². The first-order valence-electron chi connectivity index (χ1n) is 9.14. The topological polar surface area (TPSA) is 91.1 Å². The van der Waals surface area contributed by atoms with Crippen molar-refractivity contribution in [3.8, 4) is 22.8 Å². The highest BCUT2D eigenvalue weighted by atomic mass is 35.5. The van der Waals surface area contributed by atoms with Crippen molar-refractivity contribution in [3.05, 3.63) is 57.3 Å². The molecule has 150 valence electrons. The summed E-state index contributed by atoms with van der Waals surface area (Å²) in [6, 6.07) is 10.9. The van der Waals surface area contributed by atoms with E-state index in [-0.39, 0.29) is 22.1 Å². The molecule has 0 spiro atoms. The van der Waals surface area contributed by atoms with Crippen molar-refractivity contribution >= 4 is 29.1 Å². The van der Waals surface area contributed by atoms with Gasteiger partial charge in [-0.3, -0.25) is 9.78 Å². The Morgan fingerprint density at radius 1 is 1.34 bits per heavy atom. The van der Waals surface area contributed by atoms with E-state index >= 15 is 0 Å². The average molecular weight is 432 g/mol. The number of phenolic OH excluding ortho intramolecular Hbond substituents is 1. The number of benzene rings is 2. The summed E-state index contributed by atoms with van der Waals surface area (Å²) in [6.45, 7) is 2.07. The van der Waals surface area contributed by atoms with E-state index in [9.17, 15) is 9.90 Å². The van der Waals surface area contributed by atoms with Crippen molar-refractivity contribution in [3.63, 3.8) is 0 Å². The van der Waals surface area contributed by atoms with Crippen LogP contribution in [-0.4, -0.2) is 28.1 Å². The van der Waals surface area contributed by atoms with Crippen molar-refractivity contribution < 1.29 is 14.5 Å². The zero-order valence-corrected chi connectivity index (χ0v) is 17.5. The van der Waals surface area contributed by atoms with Gasteiger partial charge >= 0.3 is 11.3 Å².